The first kappa shape index (κ1) is 13.1. The summed E-state index contributed by atoms with van der Waals surface area (Å²) in [6, 6.07) is 1.50. The number of nitrogens with one attached hydrogen (secondary N) is 1. The van der Waals surface area contributed by atoms with Crippen LogP contribution in [-0.4, -0.2) is 17.6 Å². The Kier molecular flexibility index (Phi) is 4.42. The maximum absolute atomic E-state index is 10.9. The van der Waals surface area contributed by atoms with Gasteiger partial charge in [0.05, 0.1) is 12.8 Å². The average molecular weight is 251 g/mol. The maximum atomic E-state index is 10.9. The highest BCUT2D eigenvalue weighted by Gasteiger charge is 2.21. The third-order valence-corrected chi connectivity index (χ3v) is 3.96. The van der Waals surface area contributed by atoms with Crippen LogP contribution in [-0.2, 0) is 6.54 Å². The fourth-order valence-corrected chi connectivity index (χ4v) is 2.74. The Hall–Kier alpha value is -1.29. The zero-order chi connectivity index (χ0) is 13.0. The monoisotopic (exact) mass is 251 g/mol. The molecule has 4 nitrogen and oxygen atoms in total. The lowest BCUT2D eigenvalue weighted by molar-refractivity contribution is 0.0694. The highest BCUT2D eigenvalue weighted by atomic mass is 16.4. The van der Waals surface area contributed by atoms with Crippen LogP contribution in [0.3, 0.4) is 0 Å². The van der Waals surface area contributed by atoms with Crippen LogP contribution in [0, 0.1) is 11.8 Å². The number of hydrogen-bond donors (Lipinski definition) is 2. The van der Waals surface area contributed by atoms with Gasteiger partial charge in [0.15, 0.2) is 0 Å². The summed E-state index contributed by atoms with van der Waals surface area (Å²) in [7, 11) is 0. The SMILES string of the molecule is CC1CCCCC1CNCc1occc1C(=O)O. The minimum atomic E-state index is -0.924. The van der Waals surface area contributed by atoms with Gasteiger partial charge < -0.3 is 14.8 Å². The first-order valence-corrected chi connectivity index (χ1v) is 6.69. The largest absolute Gasteiger partial charge is 0.478 e. The van der Waals surface area contributed by atoms with Crippen molar-refractivity contribution in [1.29, 1.82) is 0 Å². The Morgan fingerprint density at radius 2 is 2.28 bits per heavy atom. The van der Waals surface area contributed by atoms with Crippen molar-refractivity contribution in [2.24, 2.45) is 11.8 Å². The standard InChI is InChI=1S/C14H21NO3/c1-10-4-2-3-5-11(10)8-15-9-13-12(14(16)17)6-7-18-13/h6-7,10-11,15H,2-5,8-9H2,1H3,(H,16,17). The molecule has 1 saturated carbocycles. The molecule has 0 aromatic carbocycles. The number of aromatic carboxylic acids is 1. The fourth-order valence-electron chi connectivity index (χ4n) is 2.74. The predicted molar refractivity (Wildman–Crippen MR) is 68.5 cm³/mol. The maximum Gasteiger partial charge on any atom is 0.339 e. The van der Waals surface area contributed by atoms with Gasteiger partial charge in [-0.2, -0.15) is 0 Å². The predicted octanol–water partition coefficient (Wildman–Crippen LogP) is 2.89. The fraction of sp³-hybridized carbons (Fsp3) is 0.643. The van der Waals surface area contributed by atoms with Gasteiger partial charge in [-0.25, -0.2) is 4.79 Å². The molecule has 100 valence electrons. The number of carboxylic acid groups (broad SMARTS) is 1. The number of rotatable bonds is 5. The van der Waals surface area contributed by atoms with Crippen LogP contribution in [0.2, 0.25) is 0 Å². The molecule has 2 N–H and O–H groups in total. The molecular weight excluding hydrogens is 230 g/mol. The van der Waals surface area contributed by atoms with E-state index in [-0.39, 0.29) is 5.56 Å². The molecule has 1 aromatic heterocycles. The Bertz CT molecular complexity index is 399. The topological polar surface area (TPSA) is 62.5 Å². The lowest BCUT2D eigenvalue weighted by atomic mass is 9.80. The molecule has 4 heteroatoms. The van der Waals surface area contributed by atoms with Crippen LogP contribution in [0.15, 0.2) is 16.7 Å². The highest BCUT2D eigenvalue weighted by molar-refractivity contribution is 5.88. The van der Waals surface area contributed by atoms with Crippen molar-refractivity contribution in [2.75, 3.05) is 6.54 Å². The zero-order valence-electron chi connectivity index (χ0n) is 10.8. The molecule has 0 aliphatic heterocycles. The van der Waals surface area contributed by atoms with E-state index in [1.807, 2.05) is 0 Å². The third kappa shape index (κ3) is 3.13. The van der Waals surface area contributed by atoms with Crippen LogP contribution in [0.25, 0.3) is 0 Å². The van der Waals surface area contributed by atoms with Crippen molar-refractivity contribution >= 4 is 5.97 Å². The molecule has 18 heavy (non-hydrogen) atoms. The van der Waals surface area contributed by atoms with Gasteiger partial charge in [0.2, 0.25) is 0 Å². The van der Waals surface area contributed by atoms with Gasteiger partial charge in [0.25, 0.3) is 0 Å². The summed E-state index contributed by atoms with van der Waals surface area (Å²) >= 11 is 0. The second kappa shape index (κ2) is 6.05. The van der Waals surface area contributed by atoms with E-state index in [1.54, 1.807) is 0 Å². The van der Waals surface area contributed by atoms with Gasteiger partial charge >= 0.3 is 5.97 Å². The van der Waals surface area contributed by atoms with Gasteiger partial charge in [-0.1, -0.05) is 26.2 Å². The number of carboxylic acids is 1. The summed E-state index contributed by atoms with van der Waals surface area (Å²) in [4.78, 5) is 10.9. The summed E-state index contributed by atoms with van der Waals surface area (Å²) in [6.45, 7) is 3.75. The van der Waals surface area contributed by atoms with E-state index in [0.29, 0.717) is 18.2 Å². The quantitative estimate of drug-likeness (QED) is 0.844. The average Bonchev–Trinajstić information content (AvgIpc) is 2.80. The van der Waals surface area contributed by atoms with Gasteiger partial charge in [0.1, 0.15) is 11.3 Å². The van der Waals surface area contributed by atoms with Crippen LogP contribution in [0.4, 0.5) is 0 Å². The first-order chi connectivity index (χ1) is 8.68. The lowest BCUT2D eigenvalue weighted by Crippen LogP contribution is -2.29. The summed E-state index contributed by atoms with van der Waals surface area (Å²) in [6.07, 6.45) is 6.69. The van der Waals surface area contributed by atoms with E-state index in [0.717, 1.165) is 12.5 Å². The Balaban J connectivity index is 1.81. The summed E-state index contributed by atoms with van der Waals surface area (Å²) in [5.74, 6) is 1.07. The van der Waals surface area contributed by atoms with Gasteiger partial charge in [-0.05, 0) is 30.9 Å². The molecule has 2 unspecified atom stereocenters. The molecule has 1 aliphatic carbocycles. The van der Waals surface area contributed by atoms with Crippen LogP contribution in [0.1, 0.15) is 48.7 Å². The second-order valence-corrected chi connectivity index (χ2v) is 5.22. The van der Waals surface area contributed by atoms with Crippen molar-refractivity contribution in [3.8, 4) is 0 Å². The normalized spacial score (nSPS) is 24.1. The highest BCUT2D eigenvalue weighted by Crippen LogP contribution is 2.28. The minimum Gasteiger partial charge on any atom is -0.478 e. The van der Waals surface area contributed by atoms with E-state index < -0.39 is 5.97 Å². The molecule has 0 spiro atoms. The first-order valence-electron chi connectivity index (χ1n) is 6.69. The lowest BCUT2D eigenvalue weighted by Gasteiger charge is -2.28. The molecule has 1 heterocycles. The van der Waals surface area contributed by atoms with E-state index in [2.05, 4.69) is 12.2 Å². The van der Waals surface area contributed by atoms with Crippen molar-refractivity contribution in [3.63, 3.8) is 0 Å². The summed E-state index contributed by atoms with van der Waals surface area (Å²) in [5, 5.41) is 12.3. The molecule has 2 rings (SSSR count). The number of carbonyl (C=O) groups is 1. The number of hydrogen-bond acceptors (Lipinski definition) is 3. The van der Waals surface area contributed by atoms with Crippen LogP contribution < -0.4 is 5.32 Å². The third-order valence-electron chi connectivity index (χ3n) is 3.96. The molecule has 2 atom stereocenters. The van der Waals surface area contributed by atoms with E-state index in [4.69, 9.17) is 9.52 Å². The van der Waals surface area contributed by atoms with Crippen molar-refractivity contribution in [2.45, 2.75) is 39.2 Å². The molecular formula is C14H21NO3. The Morgan fingerprint density at radius 1 is 1.50 bits per heavy atom. The van der Waals surface area contributed by atoms with Crippen molar-refractivity contribution in [1.82, 2.24) is 5.32 Å². The minimum absolute atomic E-state index is 0.263. The van der Waals surface area contributed by atoms with Crippen LogP contribution in [0.5, 0.6) is 0 Å². The molecule has 1 aliphatic rings. The molecule has 1 fully saturated rings. The summed E-state index contributed by atoms with van der Waals surface area (Å²) < 4.78 is 5.20. The Morgan fingerprint density at radius 3 is 3.00 bits per heavy atom. The van der Waals surface area contributed by atoms with Gasteiger partial charge in [-0.15, -0.1) is 0 Å². The van der Waals surface area contributed by atoms with Gasteiger partial charge in [-0.3, -0.25) is 0 Å². The number of furan rings is 1. The zero-order valence-corrected chi connectivity index (χ0v) is 10.8. The van der Waals surface area contributed by atoms with Crippen molar-refractivity contribution < 1.29 is 14.3 Å². The smallest absolute Gasteiger partial charge is 0.339 e. The van der Waals surface area contributed by atoms with Gasteiger partial charge in [0, 0.05) is 0 Å². The molecule has 1 aromatic rings. The van der Waals surface area contributed by atoms with E-state index >= 15 is 0 Å². The van der Waals surface area contributed by atoms with E-state index in [1.165, 1.54) is 38.0 Å². The molecule has 0 bridgehead atoms. The van der Waals surface area contributed by atoms with Crippen molar-refractivity contribution in [3.05, 3.63) is 23.7 Å². The van der Waals surface area contributed by atoms with Crippen LogP contribution >= 0.6 is 0 Å². The molecule has 0 amide bonds. The Labute approximate surface area is 107 Å². The summed E-state index contributed by atoms with van der Waals surface area (Å²) in [5.41, 5.74) is 0.263. The molecule has 0 radical (unpaired) electrons. The molecule has 0 saturated heterocycles. The second-order valence-electron chi connectivity index (χ2n) is 5.22. The van der Waals surface area contributed by atoms with E-state index in [9.17, 15) is 4.79 Å².